The maximum atomic E-state index is 9.08. The number of halogens is 1. The molecule has 0 fully saturated rings. The van der Waals surface area contributed by atoms with Gasteiger partial charge < -0.3 is 10.1 Å². The van der Waals surface area contributed by atoms with E-state index in [2.05, 4.69) is 4.98 Å². The third kappa shape index (κ3) is 0.955. The van der Waals surface area contributed by atoms with Crippen LogP contribution in [0.15, 0.2) is 24.4 Å². The molecule has 56 valence electrons. The van der Waals surface area contributed by atoms with Crippen LogP contribution in [-0.2, 0) is 0 Å². The molecule has 0 amide bonds. The lowest BCUT2D eigenvalue weighted by Gasteiger charge is -1.91. The Morgan fingerprint density at radius 1 is 1.36 bits per heavy atom. The molecule has 0 saturated carbocycles. The Balaban J connectivity index is 2.86. The second kappa shape index (κ2) is 2.17. The number of rotatable bonds is 0. The van der Waals surface area contributed by atoms with E-state index >= 15 is 0 Å². The zero-order valence-corrected chi connectivity index (χ0v) is 6.39. The van der Waals surface area contributed by atoms with Crippen LogP contribution in [0.25, 0.3) is 10.9 Å². The molecule has 2 nitrogen and oxygen atoms in total. The number of aromatic hydroxyl groups is 1. The number of aromatic nitrogens is 1. The van der Waals surface area contributed by atoms with Crippen LogP contribution in [0.2, 0.25) is 5.02 Å². The van der Waals surface area contributed by atoms with E-state index in [9.17, 15) is 0 Å². The molecule has 0 unspecified atom stereocenters. The Hall–Kier alpha value is -1.15. The van der Waals surface area contributed by atoms with Crippen LogP contribution < -0.4 is 0 Å². The highest BCUT2D eigenvalue weighted by atomic mass is 35.5. The summed E-state index contributed by atoms with van der Waals surface area (Å²) in [6, 6.07) is 5.03. The summed E-state index contributed by atoms with van der Waals surface area (Å²) in [5.74, 6) is 0.246. The smallest absolute Gasteiger partial charge is 0.117 e. The number of benzene rings is 1. The molecule has 2 rings (SSSR count). The zero-order chi connectivity index (χ0) is 7.84. The van der Waals surface area contributed by atoms with Gasteiger partial charge in [0.15, 0.2) is 0 Å². The molecular formula is C8H6ClNO. The fraction of sp³-hybridized carbons (Fsp3) is 0. The third-order valence-corrected chi connectivity index (χ3v) is 1.93. The first-order valence-corrected chi connectivity index (χ1v) is 3.61. The van der Waals surface area contributed by atoms with E-state index < -0.39 is 0 Å². The molecule has 0 aliphatic heterocycles. The van der Waals surface area contributed by atoms with Gasteiger partial charge in [-0.2, -0.15) is 0 Å². The lowest BCUT2D eigenvalue weighted by molar-refractivity contribution is 0.476. The van der Waals surface area contributed by atoms with Crippen molar-refractivity contribution < 1.29 is 5.11 Å². The van der Waals surface area contributed by atoms with E-state index in [4.69, 9.17) is 16.7 Å². The number of nitrogens with one attached hydrogen (secondary N) is 1. The minimum Gasteiger partial charge on any atom is -0.508 e. The summed E-state index contributed by atoms with van der Waals surface area (Å²) >= 11 is 5.81. The van der Waals surface area contributed by atoms with Gasteiger partial charge in [0.25, 0.3) is 0 Å². The van der Waals surface area contributed by atoms with Gasteiger partial charge in [-0.15, -0.1) is 0 Å². The van der Waals surface area contributed by atoms with Crippen molar-refractivity contribution in [1.82, 2.24) is 4.98 Å². The number of aromatic amines is 1. The van der Waals surface area contributed by atoms with Gasteiger partial charge in [0.05, 0.1) is 10.5 Å². The number of fused-ring (bicyclic) bond motifs is 1. The van der Waals surface area contributed by atoms with Crippen LogP contribution in [0.5, 0.6) is 5.75 Å². The van der Waals surface area contributed by atoms with Gasteiger partial charge in [-0.25, -0.2) is 0 Å². The molecule has 0 aliphatic rings. The maximum Gasteiger partial charge on any atom is 0.117 e. The van der Waals surface area contributed by atoms with Crippen LogP contribution in [0.3, 0.4) is 0 Å². The molecular weight excluding hydrogens is 162 g/mol. The van der Waals surface area contributed by atoms with Crippen LogP contribution in [-0.4, -0.2) is 10.1 Å². The van der Waals surface area contributed by atoms with Crippen LogP contribution in [0.4, 0.5) is 0 Å². The van der Waals surface area contributed by atoms with Crippen molar-refractivity contribution in [2.24, 2.45) is 0 Å². The minimum atomic E-state index is 0.246. The molecule has 0 spiro atoms. The number of hydrogen-bond donors (Lipinski definition) is 2. The Kier molecular flexibility index (Phi) is 1.29. The van der Waals surface area contributed by atoms with E-state index in [1.165, 1.54) is 0 Å². The molecule has 0 aliphatic carbocycles. The summed E-state index contributed by atoms with van der Waals surface area (Å²) in [5, 5.41) is 10.7. The van der Waals surface area contributed by atoms with Gasteiger partial charge >= 0.3 is 0 Å². The van der Waals surface area contributed by atoms with Crippen LogP contribution in [0.1, 0.15) is 0 Å². The summed E-state index contributed by atoms with van der Waals surface area (Å²) in [7, 11) is 0. The number of phenols is 1. The van der Waals surface area contributed by atoms with E-state index in [1.54, 1.807) is 24.4 Å². The first kappa shape index (κ1) is 6.55. The van der Waals surface area contributed by atoms with Gasteiger partial charge in [-0.1, -0.05) is 11.6 Å². The Morgan fingerprint density at radius 3 is 3.00 bits per heavy atom. The molecule has 0 atom stereocenters. The van der Waals surface area contributed by atoms with E-state index in [0.717, 1.165) is 10.9 Å². The summed E-state index contributed by atoms with van der Waals surface area (Å²) in [6.45, 7) is 0. The highest BCUT2D eigenvalue weighted by molar-refractivity contribution is 6.35. The van der Waals surface area contributed by atoms with Crippen molar-refractivity contribution in [1.29, 1.82) is 0 Å². The minimum absolute atomic E-state index is 0.246. The largest absolute Gasteiger partial charge is 0.508 e. The van der Waals surface area contributed by atoms with E-state index in [0.29, 0.717) is 5.02 Å². The summed E-state index contributed by atoms with van der Waals surface area (Å²) < 4.78 is 0. The molecule has 11 heavy (non-hydrogen) atoms. The molecule has 3 heteroatoms. The topological polar surface area (TPSA) is 36.0 Å². The third-order valence-electron chi connectivity index (χ3n) is 1.61. The van der Waals surface area contributed by atoms with Gasteiger partial charge in [0.1, 0.15) is 5.75 Å². The Labute approximate surface area is 68.4 Å². The SMILES string of the molecule is Oc1ccc2c(Cl)c[nH]c2c1. The highest BCUT2D eigenvalue weighted by Gasteiger charge is 1.99. The fourth-order valence-electron chi connectivity index (χ4n) is 1.08. The normalized spacial score (nSPS) is 10.6. The second-order valence-electron chi connectivity index (χ2n) is 2.37. The molecule has 2 N–H and O–H groups in total. The van der Waals surface area contributed by atoms with Crippen molar-refractivity contribution in [3.8, 4) is 5.75 Å². The van der Waals surface area contributed by atoms with Crippen LogP contribution in [0, 0.1) is 0 Å². The highest BCUT2D eigenvalue weighted by Crippen LogP contribution is 2.25. The Morgan fingerprint density at radius 2 is 2.18 bits per heavy atom. The summed E-state index contributed by atoms with van der Waals surface area (Å²) in [6.07, 6.45) is 1.70. The number of H-pyrrole nitrogens is 1. The predicted molar refractivity (Wildman–Crippen MR) is 45.0 cm³/mol. The first-order chi connectivity index (χ1) is 5.27. The number of phenolic OH excluding ortho intramolecular Hbond substituents is 1. The van der Waals surface area contributed by atoms with Crippen molar-refractivity contribution >= 4 is 22.5 Å². The lowest BCUT2D eigenvalue weighted by Crippen LogP contribution is -1.66. The molecule has 0 bridgehead atoms. The summed E-state index contributed by atoms with van der Waals surface area (Å²) in [5.41, 5.74) is 0.856. The zero-order valence-electron chi connectivity index (χ0n) is 5.63. The second-order valence-corrected chi connectivity index (χ2v) is 2.77. The predicted octanol–water partition coefficient (Wildman–Crippen LogP) is 2.53. The van der Waals surface area contributed by atoms with Gasteiger partial charge in [-0.3, -0.25) is 0 Å². The van der Waals surface area contributed by atoms with Crippen molar-refractivity contribution in [2.75, 3.05) is 0 Å². The van der Waals surface area contributed by atoms with Crippen molar-refractivity contribution in [2.45, 2.75) is 0 Å². The quantitative estimate of drug-likeness (QED) is 0.622. The van der Waals surface area contributed by atoms with Gasteiger partial charge in [0, 0.05) is 17.6 Å². The van der Waals surface area contributed by atoms with Gasteiger partial charge in [-0.05, 0) is 12.1 Å². The van der Waals surface area contributed by atoms with E-state index in [-0.39, 0.29) is 5.75 Å². The van der Waals surface area contributed by atoms with Gasteiger partial charge in [0.2, 0.25) is 0 Å². The van der Waals surface area contributed by atoms with E-state index in [1.807, 2.05) is 0 Å². The monoisotopic (exact) mass is 167 g/mol. The van der Waals surface area contributed by atoms with Crippen molar-refractivity contribution in [3.05, 3.63) is 29.4 Å². The average Bonchev–Trinajstić information content (AvgIpc) is 2.32. The van der Waals surface area contributed by atoms with Crippen molar-refractivity contribution in [3.63, 3.8) is 0 Å². The summed E-state index contributed by atoms with van der Waals surface area (Å²) in [4.78, 5) is 2.94. The molecule has 1 aromatic carbocycles. The molecule has 0 radical (unpaired) electrons. The molecule has 2 aromatic rings. The number of hydrogen-bond acceptors (Lipinski definition) is 1. The molecule has 1 heterocycles. The first-order valence-electron chi connectivity index (χ1n) is 3.23. The Bertz CT molecular complexity index is 394. The molecule has 0 saturated heterocycles. The maximum absolute atomic E-state index is 9.08. The average molecular weight is 168 g/mol. The van der Waals surface area contributed by atoms with Crippen LogP contribution >= 0.6 is 11.6 Å². The standard InChI is InChI=1S/C8H6ClNO/c9-7-4-10-8-3-5(11)1-2-6(7)8/h1-4,10-11H. The molecule has 1 aromatic heterocycles. The fourth-order valence-corrected chi connectivity index (χ4v) is 1.30. The lowest BCUT2D eigenvalue weighted by atomic mass is 10.2.